The van der Waals surface area contributed by atoms with Gasteiger partial charge in [-0.15, -0.1) is 0 Å². The molecular formula is C26H28N6O2. The van der Waals surface area contributed by atoms with Gasteiger partial charge < -0.3 is 15.0 Å². The molecule has 0 aliphatic carbocycles. The third kappa shape index (κ3) is 4.92. The quantitative estimate of drug-likeness (QED) is 0.438. The van der Waals surface area contributed by atoms with Gasteiger partial charge >= 0.3 is 0 Å². The number of pyridine rings is 2. The van der Waals surface area contributed by atoms with E-state index in [2.05, 4.69) is 15.2 Å². The molecule has 1 saturated heterocycles. The Hall–Kier alpha value is -3.78. The van der Waals surface area contributed by atoms with Crippen molar-refractivity contribution < 1.29 is 9.53 Å². The van der Waals surface area contributed by atoms with Crippen molar-refractivity contribution in [2.75, 3.05) is 33.3 Å². The van der Waals surface area contributed by atoms with E-state index in [0.717, 1.165) is 47.9 Å². The smallest absolute Gasteiger partial charge is 0.269 e. The summed E-state index contributed by atoms with van der Waals surface area (Å²) in [4.78, 5) is 23.9. The SMILES string of the molecule is COc1ccc(-c2cccc3nc(Cc4ccnc(C(=O)NCCN5CCCC5)c4)nn23)cc1. The van der Waals surface area contributed by atoms with E-state index in [1.807, 2.05) is 59.1 Å². The third-order valence-electron chi connectivity index (χ3n) is 6.12. The summed E-state index contributed by atoms with van der Waals surface area (Å²) in [6.45, 7) is 3.76. The van der Waals surface area contributed by atoms with Crippen molar-refractivity contribution in [3.63, 3.8) is 0 Å². The van der Waals surface area contributed by atoms with E-state index in [1.54, 1.807) is 13.3 Å². The Balaban J connectivity index is 1.29. The molecule has 8 nitrogen and oxygen atoms in total. The van der Waals surface area contributed by atoms with Gasteiger partial charge in [0.15, 0.2) is 11.5 Å². The molecular weight excluding hydrogens is 428 g/mol. The maximum Gasteiger partial charge on any atom is 0.269 e. The van der Waals surface area contributed by atoms with Crippen LogP contribution in [-0.2, 0) is 6.42 Å². The van der Waals surface area contributed by atoms with Gasteiger partial charge in [-0.3, -0.25) is 9.78 Å². The maximum absolute atomic E-state index is 12.6. The number of hydrogen-bond donors (Lipinski definition) is 1. The number of ether oxygens (including phenoxy) is 1. The normalized spacial score (nSPS) is 13.9. The van der Waals surface area contributed by atoms with Crippen LogP contribution >= 0.6 is 0 Å². The zero-order valence-corrected chi connectivity index (χ0v) is 19.3. The Labute approximate surface area is 198 Å². The lowest BCUT2D eigenvalue weighted by Gasteiger charge is -2.14. The minimum atomic E-state index is -0.147. The van der Waals surface area contributed by atoms with Gasteiger partial charge in [-0.2, -0.15) is 5.10 Å². The molecule has 1 aliphatic rings. The number of aromatic nitrogens is 4. The molecule has 4 heterocycles. The summed E-state index contributed by atoms with van der Waals surface area (Å²) in [6.07, 6.45) is 4.68. The van der Waals surface area contributed by atoms with E-state index in [-0.39, 0.29) is 5.91 Å². The number of benzene rings is 1. The van der Waals surface area contributed by atoms with Crippen molar-refractivity contribution in [1.29, 1.82) is 0 Å². The molecule has 0 radical (unpaired) electrons. The summed E-state index contributed by atoms with van der Waals surface area (Å²) >= 11 is 0. The van der Waals surface area contributed by atoms with Crippen LogP contribution in [0.1, 0.15) is 34.7 Å². The van der Waals surface area contributed by atoms with Gasteiger partial charge in [0, 0.05) is 31.3 Å². The van der Waals surface area contributed by atoms with Gasteiger partial charge in [-0.25, -0.2) is 9.50 Å². The third-order valence-corrected chi connectivity index (χ3v) is 6.12. The monoisotopic (exact) mass is 456 g/mol. The number of amides is 1. The van der Waals surface area contributed by atoms with Gasteiger partial charge in [-0.05, 0) is 80.0 Å². The van der Waals surface area contributed by atoms with Crippen LogP contribution in [-0.4, -0.2) is 63.7 Å². The summed E-state index contributed by atoms with van der Waals surface area (Å²) in [5.74, 6) is 1.35. The summed E-state index contributed by atoms with van der Waals surface area (Å²) in [7, 11) is 1.65. The molecule has 3 aromatic heterocycles. The maximum atomic E-state index is 12.6. The summed E-state index contributed by atoms with van der Waals surface area (Å²) < 4.78 is 7.12. The molecule has 1 amide bonds. The first kappa shape index (κ1) is 22.0. The van der Waals surface area contributed by atoms with Crippen molar-refractivity contribution in [1.82, 2.24) is 29.8 Å². The lowest BCUT2D eigenvalue weighted by atomic mass is 10.1. The summed E-state index contributed by atoms with van der Waals surface area (Å²) in [6, 6.07) is 17.5. The molecule has 5 rings (SSSR count). The van der Waals surface area contributed by atoms with Gasteiger partial charge in [-0.1, -0.05) is 6.07 Å². The standard InChI is InChI=1S/C26H28N6O2/c1-34-21-9-7-20(8-10-21)23-5-4-6-25-29-24(30-32(23)25)18-19-11-12-27-22(17-19)26(33)28-13-16-31-14-2-3-15-31/h4-12,17H,2-3,13-16,18H2,1H3,(H,28,33). The lowest BCUT2D eigenvalue weighted by molar-refractivity contribution is 0.0944. The van der Waals surface area contributed by atoms with E-state index in [4.69, 9.17) is 14.8 Å². The molecule has 1 fully saturated rings. The molecule has 0 atom stereocenters. The predicted octanol–water partition coefficient (Wildman–Crippen LogP) is 3.22. The Kier molecular flexibility index (Phi) is 6.49. The number of nitrogens with one attached hydrogen (secondary N) is 1. The first-order valence-electron chi connectivity index (χ1n) is 11.6. The summed E-state index contributed by atoms with van der Waals surface area (Å²) in [5, 5.41) is 7.73. The van der Waals surface area contributed by atoms with Crippen LogP contribution in [0.2, 0.25) is 0 Å². The summed E-state index contributed by atoms with van der Waals surface area (Å²) in [5.41, 5.74) is 4.12. The number of rotatable bonds is 8. The number of likely N-dealkylation sites (tertiary alicyclic amines) is 1. The molecule has 34 heavy (non-hydrogen) atoms. The van der Waals surface area contributed by atoms with Gasteiger partial charge in [0.25, 0.3) is 5.91 Å². The second kappa shape index (κ2) is 10.0. The Morgan fingerprint density at radius 1 is 1.09 bits per heavy atom. The van der Waals surface area contributed by atoms with Crippen molar-refractivity contribution in [2.24, 2.45) is 0 Å². The van der Waals surface area contributed by atoms with Crippen LogP contribution in [0.5, 0.6) is 5.75 Å². The highest BCUT2D eigenvalue weighted by atomic mass is 16.5. The minimum Gasteiger partial charge on any atom is -0.497 e. The molecule has 0 saturated carbocycles. The number of methoxy groups -OCH3 is 1. The first-order chi connectivity index (χ1) is 16.7. The Bertz CT molecular complexity index is 1280. The van der Waals surface area contributed by atoms with E-state index in [9.17, 15) is 4.79 Å². The predicted molar refractivity (Wildman–Crippen MR) is 130 cm³/mol. The zero-order valence-electron chi connectivity index (χ0n) is 19.3. The average molecular weight is 457 g/mol. The Morgan fingerprint density at radius 2 is 1.91 bits per heavy atom. The highest BCUT2D eigenvalue weighted by Gasteiger charge is 2.14. The zero-order chi connectivity index (χ0) is 23.3. The van der Waals surface area contributed by atoms with Gasteiger partial charge in [0.05, 0.1) is 12.8 Å². The van der Waals surface area contributed by atoms with Crippen molar-refractivity contribution >= 4 is 11.6 Å². The van der Waals surface area contributed by atoms with Crippen LogP contribution in [0.3, 0.4) is 0 Å². The molecule has 1 N–H and O–H groups in total. The van der Waals surface area contributed by atoms with E-state index in [1.165, 1.54) is 12.8 Å². The molecule has 0 bridgehead atoms. The molecule has 174 valence electrons. The van der Waals surface area contributed by atoms with Crippen molar-refractivity contribution in [2.45, 2.75) is 19.3 Å². The minimum absolute atomic E-state index is 0.147. The van der Waals surface area contributed by atoms with Crippen LogP contribution in [0, 0.1) is 0 Å². The molecule has 0 unspecified atom stereocenters. The number of carbonyl (C=O) groups excluding carboxylic acids is 1. The average Bonchev–Trinajstić information content (AvgIpc) is 3.53. The lowest BCUT2D eigenvalue weighted by Crippen LogP contribution is -2.33. The largest absolute Gasteiger partial charge is 0.497 e. The molecule has 1 aliphatic heterocycles. The first-order valence-corrected chi connectivity index (χ1v) is 11.6. The second-order valence-corrected chi connectivity index (χ2v) is 8.47. The highest BCUT2D eigenvalue weighted by molar-refractivity contribution is 5.92. The second-order valence-electron chi connectivity index (χ2n) is 8.47. The fraction of sp³-hybridized carbons (Fsp3) is 0.308. The highest BCUT2D eigenvalue weighted by Crippen LogP contribution is 2.23. The van der Waals surface area contributed by atoms with Gasteiger partial charge in [0.1, 0.15) is 11.4 Å². The number of fused-ring (bicyclic) bond motifs is 1. The fourth-order valence-electron chi connectivity index (χ4n) is 4.32. The molecule has 4 aromatic rings. The number of hydrogen-bond acceptors (Lipinski definition) is 6. The fourth-order valence-corrected chi connectivity index (χ4v) is 4.32. The van der Waals surface area contributed by atoms with E-state index < -0.39 is 0 Å². The van der Waals surface area contributed by atoms with Crippen molar-refractivity contribution in [3.8, 4) is 17.0 Å². The molecule has 0 spiro atoms. The van der Waals surface area contributed by atoms with Crippen molar-refractivity contribution in [3.05, 3.63) is 77.9 Å². The molecule has 8 heteroatoms. The van der Waals surface area contributed by atoms with Crippen LogP contribution in [0.15, 0.2) is 60.8 Å². The van der Waals surface area contributed by atoms with E-state index in [0.29, 0.717) is 24.5 Å². The molecule has 1 aromatic carbocycles. The Morgan fingerprint density at radius 3 is 2.71 bits per heavy atom. The number of carbonyl (C=O) groups is 1. The number of nitrogens with zero attached hydrogens (tertiary/aromatic N) is 5. The van der Waals surface area contributed by atoms with Crippen LogP contribution < -0.4 is 10.1 Å². The van der Waals surface area contributed by atoms with E-state index >= 15 is 0 Å². The van der Waals surface area contributed by atoms with Crippen LogP contribution in [0.25, 0.3) is 16.9 Å². The van der Waals surface area contributed by atoms with Crippen LogP contribution in [0.4, 0.5) is 0 Å². The topological polar surface area (TPSA) is 84.6 Å². The van der Waals surface area contributed by atoms with Gasteiger partial charge in [0.2, 0.25) is 0 Å².